The van der Waals surface area contributed by atoms with Gasteiger partial charge in [0.1, 0.15) is 16.4 Å². The predicted molar refractivity (Wildman–Crippen MR) is 178 cm³/mol. The largest absolute Gasteiger partial charge is 0.478 e. The SMILES string of the molecule is C=CCNC/C(=C1/Oc2c(cc3c(c2S(=O)(=O)O)NC(C)(C)CC3C)C(c2cc(CC(=O)C(C)C)ccc2C(=O)O)=C1C)S(=O)(=O)O. The van der Waals surface area contributed by atoms with Gasteiger partial charge in [-0.15, -0.1) is 6.58 Å². The zero-order valence-corrected chi connectivity index (χ0v) is 28.7. The molecule has 4 rings (SSSR count). The van der Waals surface area contributed by atoms with Gasteiger partial charge < -0.3 is 20.5 Å². The van der Waals surface area contributed by atoms with Crippen molar-refractivity contribution in [1.82, 2.24) is 5.32 Å². The summed E-state index contributed by atoms with van der Waals surface area (Å²) >= 11 is 0. The molecule has 254 valence electrons. The number of hydrogen-bond acceptors (Lipinski definition) is 9. The van der Waals surface area contributed by atoms with Crippen LogP contribution in [0.15, 0.2) is 58.1 Å². The lowest BCUT2D eigenvalue weighted by molar-refractivity contribution is -0.121. The van der Waals surface area contributed by atoms with Gasteiger partial charge in [0.05, 0.1) is 11.3 Å². The maximum absolute atomic E-state index is 13.2. The molecule has 1 unspecified atom stereocenters. The number of nitrogens with one attached hydrogen (secondary N) is 2. The van der Waals surface area contributed by atoms with Gasteiger partial charge in [-0.2, -0.15) is 16.8 Å². The summed E-state index contributed by atoms with van der Waals surface area (Å²) in [5.41, 5.74) is 0.477. The van der Waals surface area contributed by atoms with E-state index in [-0.39, 0.29) is 64.1 Å². The first-order valence-electron chi connectivity index (χ1n) is 15.0. The Balaban J connectivity index is 2.24. The summed E-state index contributed by atoms with van der Waals surface area (Å²) in [5.74, 6) is -2.91. The molecule has 0 saturated heterocycles. The fraction of sp³-hybridized carbons (Fsp3) is 0.394. The molecule has 14 heteroatoms. The topological polar surface area (TPSA) is 196 Å². The van der Waals surface area contributed by atoms with Gasteiger partial charge in [0.15, 0.2) is 10.6 Å². The minimum atomic E-state index is -5.08. The summed E-state index contributed by atoms with van der Waals surface area (Å²) in [7, 11) is -10.1. The van der Waals surface area contributed by atoms with Crippen LogP contribution in [0.5, 0.6) is 5.75 Å². The van der Waals surface area contributed by atoms with E-state index in [0.717, 1.165) is 0 Å². The van der Waals surface area contributed by atoms with Gasteiger partial charge >= 0.3 is 5.97 Å². The number of anilines is 1. The smallest absolute Gasteiger partial charge is 0.336 e. The van der Waals surface area contributed by atoms with E-state index in [9.17, 15) is 40.6 Å². The van der Waals surface area contributed by atoms with Crippen LogP contribution in [0.3, 0.4) is 0 Å². The molecular formula is C33H40N2O10S2. The average molecular weight is 689 g/mol. The molecule has 0 radical (unpaired) electrons. The number of carboxylic acid groups (broad SMARTS) is 1. The highest BCUT2D eigenvalue weighted by molar-refractivity contribution is 7.89. The molecule has 0 amide bonds. The normalized spacial score (nSPS) is 18.5. The second kappa shape index (κ2) is 13.0. The number of hydrogen-bond donors (Lipinski definition) is 5. The van der Waals surface area contributed by atoms with E-state index in [1.807, 2.05) is 20.8 Å². The third-order valence-corrected chi connectivity index (χ3v) is 10.1. The zero-order chi connectivity index (χ0) is 35.2. The van der Waals surface area contributed by atoms with Crippen LogP contribution in [0, 0.1) is 5.92 Å². The summed E-state index contributed by atoms with van der Waals surface area (Å²) in [6, 6.07) is 5.97. The van der Waals surface area contributed by atoms with Crippen molar-refractivity contribution in [3.05, 3.63) is 81.0 Å². The fourth-order valence-electron chi connectivity index (χ4n) is 6.16. The number of aromatic carboxylic acids is 1. The van der Waals surface area contributed by atoms with E-state index in [1.165, 1.54) is 31.2 Å². The first-order valence-corrected chi connectivity index (χ1v) is 17.8. The summed E-state index contributed by atoms with van der Waals surface area (Å²) in [6.45, 7) is 13.8. The van der Waals surface area contributed by atoms with E-state index in [1.54, 1.807) is 19.9 Å². The summed E-state index contributed by atoms with van der Waals surface area (Å²) in [4.78, 5) is 24.0. The van der Waals surface area contributed by atoms with E-state index in [2.05, 4.69) is 17.2 Å². The maximum atomic E-state index is 13.2. The van der Waals surface area contributed by atoms with Crippen molar-refractivity contribution in [3.63, 3.8) is 0 Å². The highest BCUT2D eigenvalue weighted by atomic mass is 32.2. The quantitative estimate of drug-likeness (QED) is 0.118. The molecule has 47 heavy (non-hydrogen) atoms. The van der Waals surface area contributed by atoms with Crippen molar-refractivity contribution in [2.45, 2.75) is 70.7 Å². The van der Waals surface area contributed by atoms with E-state index in [4.69, 9.17) is 4.74 Å². The Labute approximate surface area is 275 Å². The molecule has 2 heterocycles. The lowest BCUT2D eigenvalue weighted by Gasteiger charge is -2.40. The number of carboxylic acids is 1. The molecule has 2 aromatic rings. The van der Waals surface area contributed by atoms with Crippen LogP contribution in [-0.4, -0.2) is 61.4 Å². The number of benzene rings is 2. The Hall–Kier alpha value is -3.82. The van der Waals surface area contributed by atoms with Gasteiger partial charge in [-0.1, -0.05) is 32.9 Å². The van der Waals surface area contributed by atoms with Gasteiger partial charge in [0.25, 0.3) is 20.2 Å². The number of carbonyl (C=O) groups excluding carboxylic acids is 1. The Bertz CT molecular complexity index is 1960. The van der Waals surface area contributed by atoms with Gasteiger partial charge in [-0.25, -0.2) is 4.79 Å². The van der Waals surface area contributed by atoms with Crippen LogP contribution < -0.4 is 15.4 Å². The van der Waals surface area contributed by atoms with E-state index >= 15 is 0 Å². The molecule has 2 aliphatic heterocycles. The molecule has 2 aliphatic rings. The van der Waals surface area contributed by atoms with Crippen molar-refractivity contribution in [1.29, 1.82) is 0 Å². The van der Waals surface area contributed by atoms with Crippen LogP contribution in [-0.2, 0) is 31.5 Å². The second-order valence-corrected chi connectivity index (χ2v) is 15.7. The van der Waals surface area contributed by atoms with Gasteiger partial charge in [-0.3, -0.25) is 13.9 Å². The number of allylic oxidation sites excluding steroid dienone is 1. The number of fused-ring (bicyclic) bond motifs is 2. The Morgan fingerprint density at radius 1 is 1.15 bits per heavy atom. The van der Waals surface area contributed by atoms with Crippen molar-refractivity contribution in [2.75, 3.05) is 18.4 Å². The van der Waals surface area contributed by atoms with Crippen LogP contribution in [0.1, 0.15) is 86.5 Å². The predicted octanol–water partition coefficient (Wildman–Crippen LogP) is 5.19. The molecular weight excluding hydrogens is 649 g/mol. The molecule has 5 N–H and O–H groups in total. The van der Waals surface area contributed by atoms with Crippen LogP contribution in [0.2, 0.25) is 0 Å². The number of rotatable bonds is 11. The fourth-order valence-corrected chi connectivity index (χ4v) is 7.69. The van der Waals surface area contributed by atoms with E-state index < -0.39 is 59.6 Å². The third kappa shape index (κ3) is 7.36. The highest BCUT2D eigenvalue weighted by Gasteiger charge is 2.41. The monoisotopic (exact) mass is 688 g/mol. The number of carbonyl (C=O) groups is 2. The number of ether oxygens (including phenoxy) is 1. The Morgan fingerprint density at radius 2 is 1.81 bits per heavy atom. The number of ketones is 1. The lowest BCUT2D eigenvalue weighted by Crippen LogP contribution is -2.38. The lowest BCUT2D eigenvalue weighted by atomic mass is 9.79. The Kier molecular flexibility index (Phi) is 9.96. The number of Topliss-reactive ketones (excluding diaryl/α,β-unsaturated/α-hetero) is 1. The highest BCUT2D eigenvalue weighted by Crippen LogP contribution is 2.53. The molecule has 1 atom stereocenters. The summed E-state index contributed by atoms with van der Waals surface area (Å²) < 4.78 is 79.1. The van der Waals surface area contributed by atoms with Crippen molar-refractivity contribution < 1.29 is 45.4 Å². The molecule has 2 aromatic carbocycles. The average Bonchev–Trinajstić information content (AvgIpc) is 2.92. The van der Waals surface area contributed by atoms with Gasteiger partial charge in [-0.05, 0) is 68.0 Å². The standard InChI is InChI=1S/C33H40N2O10S2/c1-8-11-34-16-26(46(39,40)41)29-19(5)27(23-12-20(13-25(36)17(2)3)9-10-21(23)32(37)38)24-14-22-18(4)15-33(6,7)35-28(22)31(30(24)45-29)47(42,43)44/h8-10,12,14,17-18,34-35H,1,11,13,15-16H2,2-7H3,(H,37,38)(H,39,40,41)(H,42,43,44)/b29-26-. The Morgan fingerprint density at radius 3 is 2.36 bits per heavy atom. The maximum Gasteiger partial charge on any atom is 0.336 e. The summed E-state index contributed by atoms with van der Waals surface area (Å²) in [6.07, 6.45) is 2.00. The summed E-state index contributed by atoms with van der Waals surface area (Å²) in [5, 5.41) is 16.2. The molecule has 0 aliphatic carbocycles. The molecule has 0 aromatic heterocycles. The molecule has 0 fully saturated rings. The second-order valence-electron chi connectivity index (χ2n) is 12.9. The van der Waals surface area contributed by atoms with Gasteiger partial charge in [0, 0.05) is 47.7 Å². The van der Waals surface area contributed by atoms with Crippen LogP contribution in [0.25, 0.3) is 5.57 Å². The third-order valence-electron chi connectivity index (χ3n) is 8.27. The van der Waals surface area contributed by atoms with Crippen LogP contribution >= 0.6 is 0 Å². The van der Waals surface area contributed by atoms with Gasteiger partial charge in [0.2, 0.25) is 0 Å². The first kappa shape index (κ1) is 36.0. The van der Waals surface area contributed by atoms with Crippen LogP contribution in [0.4, 0.5) is 5.69 Å². The molecule has 0 spiro atoms. The zero-order valence-electron chi connectivity index (χ0n) is 27.1. The van der Waals surface area contributed by atoms with Crippen molar-refractivity contribution in [2.24, 2.45) is 5.92 Å². The first-order chi connectivity index (χ1) is 21.7. The van der Waals surface area contributed by atoms with Crippen molar-refractivity contribution in [3.8, 4) is 5.75 Å². The van der Waals surface area contributed by atoms with Crippen molar-refractivity contribution >= 4 is 43.2 Å². The molecule has 0 bridgehead atoms. The minimum absolute atomic E-state index is 0.0266. The van der Waals surface area contributed by atoms with E-state index in [0.29, 0.717) is 17.5 Å². The molecule has 12 nitrogen and oxygen atoms in total. The minimum Gasteiger partial charge on any atom is -0.478 e. The molecule has 0 saturated carbocycles.